The van der Waals surface area contributed by atoms with Crippen LogP contribution >= 0.6 is 0 Å². The van der Waals surface area contributed by atoms with Gasteiger partial charge in [0.25, 0.3) is 0 Å². The summed E-state index contributed by atoms with van der Waals surface area (Å²) >= 11 is 0. The van der Waals surface area contributed by atoms with Crippen molar-refractivity contribution in [3.8, 4) is 0 Å². The van der Waals surface area contributed by atoms with E-state index in [1.165, 1.54) is 0 Å². The van der Waals surface area contributed by atoms with Gasteiger partial charge in [-0.2, -0.15) is 26.3 Å². The van der Waals surface area contributed by atoms with Crippen molar-refractivity contribution in [2.24, 2.45) is 0 Å². The molecule has 0 saturated carbocycles. The second-order valence-electron chi connectivity index (χ2n) is 3.44. The minimum absolute atomic E-state index is 0.495. The van der Waals surface area contributed by atoms with Gasteiger partial charge in [0, 0.05) is 0 Å². The molecular formula is C7H9F8N. The summed E-state index contributed by atoms with van der Waals surface area (Å²) in [5.74, 6) is -17.4. The molecule has 0 aromatic rings. The Bertz CT molecular complexity index is 237. The molecule has 0 amide bonds. The molecule has 0 fully saturated rings. The number of alkyl halides is 8. The number of hydrogen-bond acceptors (Lipinski definition) is 1. The van der Waals surface area contributed by atoms with Gasteiger partial charge in [0.05, 0.1) is 6.54 Å². The molecule has 0 aromatic heterocycles. The Morgan fingerprint density at radius 1 is 0.938 bits per heavy atom. The third-order valence-electron chi connectivity index (χ3n) is 1.67. The van der Waals surface area contributed by atoms with Crippen LogP contribution in [0.1, 0.15) is 0 Å². The Morgan fingerprint density at radius 3 is 1.56 bits per heavy atom. The molecule has 0 heterocycles. The summed E-state index contributed by atoms with van der Waals surface area (Å²) < 4.78 is 98.3. The fourth-order valence-corrected chi connectivity index (χ4v) is 0.877. The van der Waals surface area contributed by atoms with Crippen molar-refractivity contribution >= 4 is 0 Å². The minimum atomic E-state index is -6.11. The molecule has 16 heavy (non-hydrogen) atoms. The van der Waals surface area contributed by atoms with Gasteiger partial charge < -0.3 is 4.90 Å². The maximum absolute atomic E-state index is 12.7. The van der Waals surface area contributed by atoms with Crippen LogP contribution < -0.4 is 0 Å². The number of hydrogen-bond donors (Lipinski definition) is 0. The Hall–Kier alpha value is -0.600. The number of halogens is 8. The van der Waals surface area contributed by atoms with E-state index in [9.17, 15) is 35.1 Å². The Morgan fingerprint density at radius 2 is 1.31 bits per heavy atom. The van der Waals surface area contributed by atoms with Gasteiger partial charge in [-0.15, -0.1) is 0 Å². The van der Waals surface area contributed by atoms with E-state index in [1.807, 2.05) is 0 Å². The first-order valence-electron chi connectivity index (χ1n) is 3.92. The Labute approximate surface area is 86.0 Å². The van der Waals surface area contributed by atoms with Gasteiger partial charge in [0.2, 0.25) is 0 Å². The molecule has 0 saturated heterocycles. The van der Waals surface area contributed by atoms with Crippen LogP contribution in [0.5, 0.6) is 0 Å². The summed E-state index contributed by atoms with van der Waals surface area (Å²) in [4.78, 5) is 0.495. The lowest BCUT2D eigenvalue weighted by atomic mass is 10.0. The van der Waals surface area contributed by atoms with Crippen LogP contribution in [0.2, 0.25) is 0 Å². The highest BCUT2D eigenvalue weighted by Gasteiger charge is 2.75. The number of rotatable bonds is 5. The normalized spacial score (nSPS) is 15.0. The van der Waals surface area contributed by atoms with Gasteiger partial charge in [-0.05, 0) is 14.1 Å². The molecule has 0 N–H and O–H groups in total. The summed E-state index contributed by atoms with van der Waals surface area (Å²) in [5, 5.41) is 0. The van der Waals surface area contributed by atoms with Crippen molar-refractivity contribution in [2.75, 3.05) is 20.6 Å². The van der Waals surface area contributed by atoms with Crippen molar-refractivity contribution in [1.29, 1.82) is 0 Å². The lowest BCUT2D eigenvalue weighted by Crippen LogP contribution is -2.60. The van der Waals surface area contributed by atoms with Crippen molar-refractivity contribution in [3.63, 3.8) is 0 Å². The minimum Gasteiger partial charge on any atom is -0.303 e. The highest BCUT2D eigenvalue weighted by Crippen LogP contribution is 2.48. The first-order chi connectivity index (χ1) is 6.86. The van der Waals surface area contributed by atoms with Crippen LogP contribution in [0.3, 0.4) is 0 Å². The summed E-state index contributed by atoms with van der Waals surface area (Å²) in [6, 6.07) is 0. The second kappa shape index (κ2) is 4.34. The molecule has 0 aliphatic rings. The monoisotopic (exact) mass is 259 g/mol. The van der Waals surface area contributed by atoms with Gasteiger partial charge in [-0.25, -0.2) is 8.78 Å². The largest absolute Gasteiger partial charge is 0.379 e. The zero-order valence-corrected chi connectivity index (χ0v) is 8.26. The zero-order chi connectivity index (χ0) is 13.4. The first kappa shape index (κ1) is 15.4. The van der Waals surface area contributed by atoms with E-state index in [0.717, 1.165) is 14.1 Å². The van der Waals surface area contributed by atoms with Crippen molar-refractivity contribution in [3.05, 3.63) is 0 Å². The lowest BCUT2D eigenvalue weighted by Gasteiger charge is -2.33. The fourth-order valence-electron chi connectivity index (χ4n) is 0.877. The molecule has 0 bridgehead atoms. The standard InChI is InChI=1S/C7H9F8N/c1-16(2)3-5(10,11)7(14,15)6(12,13)4(8)9/h4H,3H2,1-2H3. The molecule has 0 radical (unpaired) electrons. The molecule has 0 aliphatic heterocycles. The number of nitrogens with zero attached hydrogens (tertiary/aromatic N) is 1. The summed E-state index contributed by atoms with van der Waals surface area (Å²) in [6.45, 7) is -1.76. The lowest BCUT2D eigenvalue weighted by molar-refractivity contribution is -0.339. The van der Waals surface area contributed by atoms with Crippen LogP contribution in [0.25, 0.3) is 0 Å². The molecule has 0 unspecified atom stereocenters. The SMILES string of the molecule is CN(C)CC(F)(F)C(F)(F)C(F)(F)C(F)F. The van der Waals surface area contributed by atoms with Crippen LogP contribution in [0.15, 0.2) is 0 Å². The first-order valence-corrected chi connectivity index (χ1v) is 3.92. The summed E-state index contributed by atoms with van der Waals surface area (Å²) in [6.07, 6.45) is -4.87. The highest BCUT2D eigenvalue weighted by atomic mass is 19.4. The highest BCUT2D eigenvalue weighted by molar-refractivity contribution is 4.98. The van der Waals surface area contributed by atoms with Crippen molar-refractivity contribution < 1.29 is 35.1 Å². The van der Waals surface area contributed by atoms with Crippen LogP contribution in [0.4, 0.5) is 35.1 Å². The smallest absolute Gasteiger partial charge is 0.303 e. The van der Waals surface area contributed by atoms with Gasteiger partial charge in [0.1, 0.15) is 0 Å². The topological polar surface area (TPSA) is 3.24 Å². The van der Waals surface area contributed by atoms with Gasteiger partial charge in [-0.1, -0.05) is 0 Å². The van der Waals surface area contributed by atoms with Crippen molar-refractivity contribution in [2.45, 2.75) is 24.2 Å². The fraction of sp³-hybridized carbons (Fsp3) is 1.00. The Balaban J connectivity index is 5.17. The van der Waals surface area contributed by atoms with Gasteiger partial charge >= 0.3 is 24.2 Å². The van der Waals surface area contributed by atoms with Crippen molar-refractivity contribution in [1.82, 2.24) is 4.90 Å². The third kappa shape index (κ3) is 2.55. The second-order valence-corrected chi connectivity index (χ2v) is 3.44. The van der Waals surface area contributed by atoms with Crippen LogP contribution in [0, 0.1) is 0 Å². The van der Waals surface area contributed by atoms with Gasteiger partial charge in [0.15, 0.2) is 0 Å². The molecule has 0 atom stereocenters. The predicted octanol–water partition coefficient (Wildman–Crippen LogP) is 2.72. The van der Waals surface area contributed by atoms with Crippen LogP contribution in [-0.2, 0) is 0 Å². The van der Waals surface area contributed by atoms with E-state index < -0.39 is 30.7 Å². The molecule has 9 heteroatoms. The molecule has 0 rings (SSSR count). The Kier molecular flexibility index (Phi) is 4.18. The molecule has 0 spiro atoms. The molecule has 0 aliphatic carbocycles. The van der Waals surface area contributed by atoms with E-state index in [2.05, 4.69) is 0 Å². The molecular weight excluding hydrogens is 250 g/mol. The average molecular weight is 259 g/mol. The van der Waals surface area contributed by atoms with E-state index in [4.69, 9.17) is 0 Å². The van der Waals surface area contributed by atoms with Gasteiger partial charge in [-0.3, -0.25) is 0 Å². The average Bonchev–Trinajstić information content (AvgIpc) is 2.00. The molecule has 0 aromatic carbocycles. The van der Waals surface area contributed by atoms with E-state index in [0.29, 0.717) is 4.90 Å². The predicted molar refractivity (Wildman–Crippen MR) is 39.4 cm³/mol. The molecule has 98 valence electrons. The van der Waals surface area contributed by atoms with Crippen LogP contribution in [-0.4, -0.2) is 49.7 Å². The maximum atomic E-state index is 12.7. The summed E-state index contributed by atoms with van der Waals surface area (Å²) in [5.41, 5.74) is 0. The van der Waals surface area contributed by atoms with E-state index in [-0.39, 0.29) is 0 Å². The summed E-state index contributed by atoms with van der Waals surface area (Å²) in [7, 11) is 1.84. The molecule has 1 nitrogen and oxygen atoms in total. The maximum Gasteiger partial charge on any atom is 0.379 e. The zero-order valence-electron chi connectivity index (χ0n) is 8.26. The third-order valence-corrected chi connectivity index (χ3v) is 1.67. The quantitative estimate of drug-likeness (QED) is 0.686. The van der Waals surface area contributed by atoms with E-state index >= 15 is 0 Å². The van der Waals surface area contributed by atoms with E-state index in [1.54, 1.807) is 0 Å².